The fourth-order valence-electron chi connectivity index (χ4n) is 7.76. The lowest BCUT2D eigenvalue weighted by atomic mass is 9.96. The minimum Gasteiger partial charge on any atom is -0.310 e. The van der Waals surface area contributed by atoms with Gasteiger partial charge in [0.2, 0.25) is 0 Å². The average Bonchev–Trinajstić information content (AvgIpc) is 3.63. The van der Waals surface area contributed by atoms with Crippen molar-refractivity contribution in [2.75, 3.05) is 4.90 Å². The number of anilines is 3. The van der Waals surface area contributed by atoms with Crippen molar-refractivity contribution in [3.8, 4) is 56.4 Å². The zero-order valence-corrected chi connectivity index (χ0v) is 29.5. The summed E-state index contributed by atoms with van der Waals surface area (Å²) in [5, 5.41) is 2.44. The van der Waals surface area contributed by atoms with Gasteiger partial charge in [-0.1, -0.05) is 164 Å². The maximum atomic E-state index is 5.07. The molecule has 0 saturated carbocycles. The Balaban J connectivity index is 1.02. The lowest BCUT2D eigenvalue weighted by Gasteiger charge is -2.27. The van der Waals surface area contributed by atoms with Crippen LogP contribution in [0.5, 0.6) is 0 Å². The van der Waals surface area contributed by atoms with Crippen molar-refractivity contribution in [1.29, 1.82) is 0 Å². The molecule has 8 aromatic carbocycles. The molecular formula is C50H34N4. The van der Waals surface area contributed by atoms with Gasteiger partial charge >= 0.3 is 0 Å². The quantitative estimate of drug-likeness (QED) is 0.167. The second-order valence-electron chi connectivity index (χ2n) is 13.6. The van der Waals surface area contributed by atoms with Crippen LogP contribution < -0.4 is 4.90 Å². The summed E-state index contributed by atoms with van der Waals surface area (Å²) < 4.78 is 0. The summed E-state index contributed by atoms with van der Waals surface area (Å²) in [7, 11) is 0. The normalized spacial score (nSPS) is 11.6. The maximum Gasteiger partial charge on any atom is 0.164 e. The summed E-state index contributed by atoms with van der Waals surface area (Å²) in [6.07, 6.45) is 0.857. The van der Waals surface area contributed by atoms with Crippen molar-refractivity contribution in [2.45, 2.75) is 6.42 Å². The summed E-state index contributed by atoms with van der Waals surface area (Å²) in [6.45, 7) is 0. The molecule has 9 aromatic rings. The van der Waals surface area contributed by atoms with Crippen molar-refractivity contribution in [3.05, 3.63) is 205 Å². The highest BCUT2D eigenvalue weighted by Gasteiger charge is 2.25. The third-order valence-electron chi connectivity index (χ3n) is 10.3. The number of hydrogen-bond acceptors (Lipinski definition) is 4. The summed E-state index contributed by atoms with van der Waals surface area (Å²) in [6, 6.07) is 68.4. The Kier molecular flexibility index (Phi) is 7.85. The molecule has 4 heteroatoms. The van der Waals surface area contributed by atoms with Gasteiger partial charge < -0.3 is 4.90 Å². The summed E-state index contributed by atoms with van der Waals surface area (Å²) in [5.74, 6) is 2.02. The Labute approximate surface area is 314 Å². The predicted molar refractivity (Wildman–Crippen MR) is 222 cm³/mol. The van der Waals surface area contributed by atoms with Crippen LogP contribution >= 0.6 is 0 Å². The van der Waals surface area contributed by atoms with Crippen LogP contribution in [0.1, 0.15) is 11.1 Å². The van der Waals surface area contributed by atoms with Crippen molar-refractivity contribution >= 4 is 27.8 Å². The molecule has 1 aromatic heterocycles. The topological polar surface area (TPSA) is 41.9 Å². The van der Waals surface area contributed by atoms with Crippen molar-refractivity contribution in [3.63, 3.8) is 0 Å². The molecule has 10 rings (SSSR count). The van der Waals surface area contributed by atoms with E-state index in [1.807, 2.05) is 36.4 Å². The van der Waals surface area contributed by atoms with E-state index in [2.05, 4.69) is 163 Å². The van der Waals surface area contributed by atoms with Crippen LogP contribution in [0.25, 0.3) is 67.2 Å². The third kappa shape index (κ3) is 5.71. The third-order valence-corrected chi connectivity index (χ3v) is 10.3. The van der Waals surface area contributed by atoms with Crippen LogP contribution in [0.4, 0.5) is 17.1 Å². The van der Waals surface area contributed by atoms with E-state index in [0.717, 1.165) is 40.2 Å². The minimum absolute atomic E-state index is 0.667. The molecule has 0 unspecified atom stereocenters. The number of hydrogen-bond donors (Lipinski definition) is 0. The first-order valence-corrected chi connectivity index (χ1v) is 18.3. The van der Waals surface area contributed by atoms with E-state index < -0.39 is 0 Å². The molecule has 4 nitrogen and oxygen atoms in total. The van der Waals surface area contributed by atoms with Gasteiger partial charge in [0, 0.05) is 33.5 Å². The Bertz CT molecular complexity index is 2720. The first-order valence-electron chi connectivity index (χ1n) is 18.3. The molecule has 0 bridgehead atoms. The van der Waals surface area contributed by atoms with Crippen LogP contribution in [0.2, 0.25) is 0 Å². The number of rotatable bonds is 7. The SMILES string of the molecule is c1ccc(-c2nc(-c3ccccc3)nc(-c3cccc4c3-c3ccc(-c5ccc(N(c6ccccc6)c6cccc7ccccc67)cc5)cc3C4)n2)cc1. The van der Waals surface area contributed by atoms with Crippen LogP contribution in [0.15, 0.2) is 194 Å². The van der Waals surface area contributed by atoms with E-state index in [4.69, 9.17) is 15.0 Å². The first kappa shape index (κ1) is 31.6. The fourth-order valence-corrected chi connectivity index (χ4v) is 7.76. The standard InChI is InChI=1S/C50H34N4/c1-4-15-36(16-5-1)48-51-49(37-17-6-2-7-18-37)53-50(52-48)45-24-12-20-39-33-40-32-38(28-31-44(40)47(39)45)34-26-29-42(30-27-34)54(41-21-8-3-9-22-41)46-25-13-19-35-14-10-11-23-43(35)46/h1-32H,33H2. The van der Waals surface area contributed by atoms with E-state index in [0.29, 0.717) is 17.5 Å². The molecule has 0 radical (unpaired) electrons. The zero-order valence-electron chi connectivity index (χ0n) is 29.5. The van der Waals surface area contributed by atoms with E-state index >= 15 is 0 Å². The number of aromatic nitrogens is 3. The summed E-state index contributed by atoms with van der Waals surface area (Å²) in [4.78, 5) is 17.4. The highest BCUT2D eigenvalue weighted by Crippen LogP contribution is 2.45. The number of para-hydroxylation sites is 1. The molecule has 0 fully saturated rings. The Hall–Kier alpha value is -7.17. The second kappa shape index (κ2) is 13.4. The first-order chi connectivity index (χ1) is 26.8. The Morgan fingerprint density at radius 2 is 0.944 bits per heavy atom. The molecule has 0 atom stereocenters. The smallest absolute Gasteiger partial charge is 0.164 e. The van der Waals surface area contributed by atoms with Crippen molar-refractivity contribution < 1.29 is 0 Å². The number of nitrogens with zero attached hydrogens (tertiary/aromatic N) is 4. The van der Waals surface area contributed by atoms with Crippen LogP contribution in [0.3, 0.4) is 0 Å². The van der Waals surface area contributed by atoms with Gasteiger partial charge in [0.05, 0.1) is 5.69 Å². The van der Waals surface area contributed by atoms with Gasteiger partial charge in [-0.15, -0.1) is 0 Å². The molecule has 0 saturated heterocycles. The van der Waals surface area contributed by atoms with Crippen LogP contribution in [-0.2, 0) is 6.42 Å². The average molecular weight is 691 g/mol. The van der Waals surface area contributed by atoms with Crippen molar-refractivity contribution in [1.82, 2.24) is 15.0 Å². The predicted octanol–water partition coefficient (Wildman–Crippen LogP) is 12.7. The molecule has 254 valence electrons. The molecule has 0 spiro atoms. The largest absolute Gasteiger partial charge is 0.310 e. The summed E-state index contributed by atoms with van der Waals surface area (Å²) >= 11 is 0. The highest BCUT2D eigenvalue weighted by atomic mass is 15.1. The molecule has 1 aliphatic carbocycles. The fraction of sp³-hybridized carbons (Fsp3) is 0.0200. The minimum atomic E-state index is 0.667. The van der Waals surface area contributed by atoms with Gasteiger partial charge in [0.15, 0.2) is 17.5 Å². The lowest BCUT2D eigenvalue weighted by Crippen LogP contribution is -2.10. The molecule has 54 heavy (non-hydrogen) atoms. The zero-order chi connectivity index (χ0) is 35.8. The van der Waals surface area contributed by atoms with E-state index in [1.165, 1.54) is 44.2 Å². The van der Waals surface area contributed by atoms with Crippen molar-refractivity contribution in [2.24, 2.45) is 0 Å². The van der Waals surface area contributed by atoms with Gasteiger partial charge in [-0.05, 0) is 75.5 Å². The Morgan fingerprint density at radius 3 is 1.67 bits per heavy atom. The van der Waals surface area contributed by atoms with Crippen LogP contribution in [-0.4, -0.2) is 15.0 Å². The number of fused-ring (bicyclic) bond motifs is 4. The molecule has 1 heterocycles. The van der Waals surface area contributed by atoms with Gasteiger partial charge in [-0.25, -0.2) is 15.0 Å². The Morgan fingerprint density at radius 1 is 0.370 bits per heavy atom. The monoisotopic (exact) mass is 690 g/mol. The van der Waals surface area contributed by atoms with Gasteiger partial charge in [-0.2, -0.15) is 0 Å². The molecule has 0 amide bonds. The highest BCUT2D eigenvalue weighted by molar-refractivity contribution is 5.99. The van der Waals surface area contributed by atoms with E-state index in [-0.39, 0.29) is 0 Å². The molecule has 1 aliphatic rings. The van der Waals surface area contributed by atoms with E-state index in [9.17, 15) is 0 Å². The molecule has 0 aliphatic heterocycles. The number of benzene rings is 8. The van der Waals surface area contributed by atoms with Crippen LogP contribution in [0, 0.1) is 0 Å². The lowest BCUT2D eigenvalue weighted by molar-refractivity contribution is 1.07. The molecular weight excluding hydrogens is 657 g/mol. The maximum absolute atomic E-state index is 5.07. The second-order valence-corrected chi connectivity index (χ2v) is 13.6. The van der Waals surface area contributed by atoms with E-state index in [1.54, 1.807) is 0 Å². The van der Waals surface area contributed by atoms with Gasteiger partial charge in [0.25, 0.3) is 0 Å². The molecule has 0 N–H and O–H groups in total. The van der Waals surface area contributed by atoms with Gasteiger partial charge in [-0.3, -0.25) is 0 Å². The van der Waals surface area contributed by atoms with Gasteiger partial charge in [0.1, 0.15) is 0 Å². The summed E-state index contributed by atoms with van der Waals surface area (Å²) in [5.41, 5.74) is 13.7.